The van der Waals surface area contributed by atoms with Crippen LogP contribution in [0.4, 0.5) is 4.79 Å². The van der Waals surface area contributed by atoms with Gasteiger partial charge in [0.2, 0.25) is 0 Å². The summed E-state index contributed by atoms with van der Waals surface area (Å²) in [6.45, 7) is 5.16. The van der Waals surface area contributed by atoms with Gasteiger partial charge in [-0.15, -0.1) is 0 Å². The second-order valence-electron chi connectivity index (χ2n) is 17.6. The zero-order chi connectivity index (χ0) is 40.7. The van der Waals surface area contributed by atoms with Crippen molar-refractivity contribution in [2.24, 2.45) is 58.2 Å². The smallest absolute Gasteiger partial charge is 0.550 e. The number of nitrogens with zero attached hydrogens (tertiary/aromatic N) is 1. The molecule has 0 bridgehead atoms. The number of hydrogen-bond donors (Lipinski definition) is 2. The van der Waals surface area contributed by atoms with Gasteiger partial charge >= 0.3 is 112 Å². The third kappa shape index (κ3) is 15.6. The standard InChI is InChI=1S/C40H64N2O13.Mn.3Na/c1-23(7-12-33(44)45)29-10-11-30-28-9-8-25-19-26(13-15-39(25,2)31(28)20-32(43)40(29,30)3)55-38(54)41-16-5-4-6-27(37(52)53)24(18-34(46)47)14-17-42(21-35(48)49)22-36(50)51;;;;/h23-32,43H,4-22H2,1-3H3,(H,41,54)(H,44,45)(H,46,47)(H,48,49)(H,50,51)(H,52,53);;;;/q;+2;3*+1/p-5/t23?,24?,25?,26-,27-,28?,29-,30?,31?,32+,39+,40-;;;;/m1..../s1. The molecule has 317 valence electrons. The number of rotatable bonds is 21. The molecule has 0 heterocycles. The van der Waals surface area contributed by atoms with E-state index in [-0.39, 0.29) is 167 Å². The molecule has 4 saturated carbocycles. The van der Waals surface area contributed by atoms with E-state index in [1.165, 1.54) is 0 Å². The van der Waals surface area contributed by atoms with Crippen molar-refractivity contribution in [1.29, 1.82) is 0 Å². The number of amides is 1. The van der Waals surface area contributed by atoms with Gasteiger partial charge in [0, 0.05) is 43.5 Å². The number of carboxylic acid groups (broad SMARTS) is 5. The molecule has 12 atom stereocenters. The SMILES string of the molecule is CC(CCC(=O)[O-])[C@H]1CCC2C3CCC4C[C@H](OC(=O)NCCCC[C@@H](C(=O)[O-])C(CCN(CC(=O)[O-])CC(=O)[O-])CC(=O)[O-])CC[C@]4(C)C3C[C@H](O)[C@@]21C.[Mn+2].[Na+].[Na+].[Na+]. The van der Waals surface area contributed by atoms with E-state index in [4.69, 9.17) is 4.74 Å². The largest absolute Gasteiger partial charge is 2.00 e. The average molecular weight is 900 g/mol. The van der Waals surface area contributed by atoms with E-state index in [9.17, 15) is 59.4 Å². The molecule has 2 N–H and O–H groups in total. The summed E-state index contributed by atoms with van der Waals surface area (Å²) in [7, 11) is 0. The third-order valence-electron chi connectivity index (χ3n) is 14.6. The summed E-state index contributed by atoms with van der Waals surface area (Å²) in [6, 6.07) is 0. The van der Waals surface area contributed by atoms with Crippen LogP contribution in [0.1, 0.15) is 117 Å². The first-order valence-corrected chi connectivity index (χ1v) is 20.2. The number of aliphatic hydroxyl groups is 1. The van der Waals surface area contributed by atoms with Crippen molar-refractivity contribution in [2.45, 2.75) is 129 Å². The number of carbonyl (C=O) groups excluding carboxylic acids is 6. The fourth-order valence-corrected chi connectivity index (χ4v) is 11.8. The summed E-state index contributed by atoms with van der Waals surface area (Å²) in [5.74, 6) is -7.30. The summed E-state index contributed by atoms with van der Waals surface area (Å²) < 4.78 is 5.85. The van der Waals surface area contributed by atoms with E-state index in [0.29, 0.717) is 49.4 Å². The first-order valence-electron chi connectivity index (χ1n) is 20.2. The van der Waals surface area contributed by atoms with Gasteiger partial charge in [0.25, 0.3) is 0 Å². The Kier molecular flexibility index (Phi) is 26.8. The third-order valence-corrected chi connectivity index (χ3v) is 14.6. The number of carboxylic acids is 5. The predicted octanol–water partition coefficient (Wildman–Crippen LogP) is -10.6. The number of nitrogens with one attached hydrogen (secondary N) is 1. The Hall–Kier alpha value is 0.0595. The minimum atomic E-state index is -1.55. The van der Waals surface area contributed by atoms with Crippen molar-refractivity contribution < 1.29 is 170 Å². The van der Waals surface area contributed by atoms with Gasteiger partial charge in [-0.25, -0.2) is 4.79 Å². The van der Waals surface area contributed by atoms with Gasteiger partial charge in [0.15, 0.2) is 0 Å². The molecule has 0 aromatic carbocycles. The molecular formula is C40H59MnN2Na3O13. The summed E-state index contributed by atoms with van der Waals surface area (Å²) >= 11 is 0. The van der Waals surface area contributed by atoms with Gasteiger partial charge in [-0.3, -0.25) is 4.90 Å². The molecule has 6 unspecified atom stereocenters. The Morgan fingerprint density at radius 1 is 0.797 bits per heavy atom. The van der Waals surface area contributed by atoms with Gasteiger partial charge < -0.3 is 64.7 Å². The van der Waals surface area contributed by atoms with Crippen molar-refractivity contribution in [1.82, 2.24) is 10.2 Å². The quantitative estimate of drug-likeness (QED) is 0.0802. The molecule has 0 aromatic rings. The van der Waals surface area contributed by atoms with Crippen LogP contribution in [-0.2, 0) is 45.8 Å². The first kappa shape index (κ1) is 59.1. The van der Waals surface area contributed by atoms with E-state index in [1.54, 1.807) is 0 Å². The summed E-state index contributed by atoms with van der Waals surface area (Å²) in [5, 5.41) is 71.1. The van der Waals surface area contributed by atoms with Crippen LogP contribution in [-0.4, -0.2) is 84.3 Å². The molecule has 1 radical (unpaired) electrons. The van der Waals surface area contributed by atoms with Gasteiger partial charge in [0.05, 0.1) is 18.0 Å². The van der Waals surface area contributed by atoms with Crippen LogP contribution in [0, 0.1) is 58.2 Å². The molecular weight excluding hydrogens is 840 g/mol. The van der Waals surface area contributed by atoms with Crippen molar-refractivity contribution in [3.05, 3.63) is 0 Å². The Morgan fingerprint density at radius 3 is 2.02 bits per heavy atom. The van der Waals surface area contributed by atoms with Crippen molar-refractivity contribution >= 4 is 35.9 Å². The fraction of sp³-hybridized carbons (Fsp3) is 0.850. The molecule has 4 aliphatic carbocycles. The van der Waals surface area contributed by atoms with Crippen molar-refractivity contribution in [2.75, 3.05) is 26.2 Å². The molecule has 19 heteroatoms. The molecule has 0 aromatic heterocycles. The van der Waals surface area contributed by atoms with E-state index in [2.05, 4.69) is 26.1 Å². The number of carbonyl (C=O) groups is 6. The molecule has 4 rings (SSSR count). The topological polar surface area (TPSA) is 262 Å². The van der Waals surface area contributed by atoms with Crippen LogP contribution in [0.25, 0.3) is 0 Å². The Bertz CT molecular complexity index is 1400. The normalized spacial score (nSPS) is 30.7. The van der Waals surface area contributed by atoms with Gasteiger partial charge in [-0.2, -0.15) is 0 Å². The van der Waals surface area contributed by atoms with E-state index in [0.717, 1.165) is 49.8 Å². The van der Waals surface area contributed by atoms with E-state index >= 15 is 0 Å². The van der Waals surface area contributed by atoms with Crippen LogP contribution in [0.15, 0.2) is 0 Å². The molecule has 0 saturated heterocycles. The van der Waals surface area contributed by atoms with Crippen LogP contribution in [0.5, 0.6) is 0 Å². The van der Waals surface area contributed by atoms with Crippen molar-refractivity contribution in [3.8, 4) is 0 Å². The van der Waals surface area contributed by atoms with Gasteiger partial charge in [-0.05, 0) is 149 Å². The molecule has 1 amide bonds. The molecule has 4 fully saturated rings. The number of aliphatic carboxylic acids is 5. The minimum Gasteiger partial charge on any atom is -0.550 e. The van der Waals surface area contributed by atoms with Crippen LogP contribution in [0.3, 0.4) is 0 Å². The monoisotopic (exact) mass is 899 g/mol. The molecule has 0 spiro atoms. The predicted molar refractivity (Wildman–Crippen MR) is 185 cm³/mol. The average Bonchev–Trinajstić information content (AvgIpc) is 3.45. The maximum absolute atomic E-state index is 12.8. The summed E-state index contributed by atoms with van der Waals surface area (Å²) in [4.78, 5) is 70.3. The summed E-state index contributed by atoms with van der Waals surface area (Å²) in [5.41, 5.74) is -0.217. The van der Waals surface area contributed by atoms with Gasteiger partial charge in [0.1, 0.15) is 6.10 Å². The van der Waals surface area contributed by atoms with E-state index < -0.39 is 73.4 Å². The molecule has 59 heavy (non-hydrogen) atoms. The number of aliphatic hydroxyl groups excluding tert-OH is 1. The zero-order valence-electron chi connectivity index (χ0n) is 35.9. The number of unbranched alkanes of at least 4 members (excludes halogenated alkanes) is 1. The van der Waals surface area contributed by atoms with Crippen LogP contribution >= 0.6 is 0 Å². The fourth-order valence-electron chi connectivity index (χ4n) is 11.8. The number of fused-ring (bicyclic) bond motifs is 5. The van der Waals surface area contributed by atoms with Crippen LogP contribution in [0.2, 0.25) is 0 Å². The maximum Gasteiger partial charge on any atom is 2.00 e. The maximum atomic E-state index is 12.8. The van der Waals surface area contributed by atoms with Gasteiger partial charge in [-0.1, -0.05) is 27.2 Å². The minimum absolute atomic E-state index is 0. The molecule has 15 nitrogen and oxygen atoms in total. The number of ether oxygens (including phenoxy) is 1. The zero-order valence-corrected chi connectivity index (χ0v) is 43.1. The van der Waals surface area contributed by atoms with Crippen LogP contribution < -0.4 is 120 Å². The molecule has 4 aliphatic rings. The molecule has 0 aliphatic heterocycles. The second kappa shape index (κ2) is 26.8. The Balaban J connectivity index is 0.00000841. The number of hydrogen-bond acceptors (Lipinski definition) is 14. The Labute approximate surface area is 425 Å². The Morgan fingerprint density at radius 2 is 1.44 bits per heavy atom. The second-order valence-corrected chi connectivity index (χ2v) is 17.6. The van der Waals surface area contributed by atoms with E-state index in [1.807, 2.05) is 0 Å². The summed E-state index contributed by atoms with van der Waals surface area (Å²) in [6.07, 6.45) is 6.41. The first-order chi connectivity index (χ1) is 25.9. The van der Waals surface area contributed by atoms with Crippen molar-refractivity contribution in [3.63, 3.8) is 0 Å². The number of alkyl carbamates (subject to hydrolysis) is 1.